The number of amides is 1. The number of benzene rings is 2. The molecule has 1 saturated heterocycles. The molecule has 2 aliphatic heterocycles. The molecular formula is C22H20FNO5. The van der Waals surface area contributed by atoms with Gasteiger partial charge in [-0.1, -0.05) is 42.5 Å². The lowest BCUT2D eigenvalue weighted by Crippen LogP contribution is -2.56. The summed E-state index contributed by atoms with van der Waals surface area (Å²) in [5.41, 5.74) is 2.05. The molecule has 1 N–H and O–H groups in total. The van der Waals surface area contributed by atoms with Crippen molar-refractivity contribution in [3.05, 3.63) is 77.1 Å². The molecule has 0 aliphatic carbocycles. The minimum Gasteiger partial charge on any atom is -0.478 e. The molecule has 0 spiro atoms. The van der Waals surface area contributed by atoms with Crippen LogP contribution in [0.4, 0.5) is 9.18 Å². The number of fused-ring (bicyclic) bond motifs is 2. The van der Waals surface area contributed by atoms with E-state index in [2.05, 4.69) is 0 Å². The fraction of sp³-hybridized carbons (Fsp3) is 0.273. The molecule has 7 heteroatoms. The minimum absolute atomic E-state index is 0.187. The second-order valence-electron chi connectivity index (χ2n) is 7.10. The van der Waals surface area contributed by atoms with Crippen molar-refractivity contribution in [1.29, 1.82) is 0 Å². The Hall–Kier alpha value is -3.19. The first-order chi connectivity index (χ1) is 14.0. The van der Waals surface area contributed by atoms with Crippen LogP contribution in [0.25, 0.3) is 5.57 Å². The van der Waals surface area contributed by atoms with E-state index < -0.39 is 17.9 Å². The Morgan fingerprint density at radius 2 is 1.97 bits per heavy atom. The largest absolute Gasteiger partial charge is 0.478 e. The molecule has 2 aromatic carbocycles. The fourth-order valence-corrected chi connectivity index (χ4v) is 3.78. The maximum Gasteiger partial charge on any atom is 0.411 e. The molecule has 6 nitrogen and oxygen atoms in total. The molecule has 4 rings (SSSR count). The lowest BCUT2D eigenvalue weighted by Gasteiger charge is -2.43. The summed E-state index contributed by atoms with van der Waals surface area (Å²) in [6, 6.07) is 13.0. The monoisotopic (exact) mass is 397 g/mol. The molecule has 1 amide bonds. The molecule has 2 atom stereocenters. The predicted molar refractivity (Wildman–Crippen MR) is 103 cm³/mol. The molecule has 0 saturated carbocycles. The third-order valence-electron chi connectivity index (χ3n) is 5.18. The summed E-state index contributed by atoms with van der Waals surface area (Å²) in [4.78, 5) is 25.6. The van der Waals surface area contributed by atoms with Crippen molar-refractivity contribution < 1.29 is 28.6 Å². The molecule has 2 aliphatic rings. The summed E-state index contributed by atoms with van der Waals surface area (Å²) in [6.07, 6.45) is 1.94. The second kappa shape index (κ2) is 8.05. The molecule has 2 unspecified atom stereocenters. The van der Waals surface area contributed by atoms with Crippen LogP contribution in [0.2, 0.25) is 0 Å². The number of hydrogen-bond acceptors (Lipinski definition) is 4. The third-order valence-corrected chi connectivity index (χ3v) is 5.18. The first-order valence-electron chi connectivity index (χ1n) is 9.33. The maximum absolute atomic E-state index is 13.7. The van der Waals surface area contributed by atoms with E-state index >= 15 is 0 Å². The van der Waals surface area contributed by atoms with Gasteiger partial charge in [0.2, 0.25) is 0 Å². The van der Waals surface area contributed by atoms with E-state index in [4.69, 9.17) is 14.6 Å². The standard InChI is InChI=1S/C22H20FNO5/c23-20-7-6-15(10-19(20)21(25)26)16-8-17-12-28-13-18(9-16)24(17)22(27)29-11-14-4-2-1-3-5-14/h1-8,10,17-18H,9,11-13H2,(H,25,26). The number of hydrogen-bond donors (Lipinski definition) is 1. The normalized spacial score (nSPS) is 20.7. The number of rotatable bonds is 4. The van der Waals surface area contributed by atoms with Gasteiger partial charge in [-0.3, -0.25) is 4.90 Å². The van der Waals surface area contributed by atoms with Crippen molar-refractivity contribution in [3.63, 3.8) is 0 Å². The van der Waals surface area contributed by atoms with Crippen molar-refractivity contribution in [2.24, 2.45) is 0 Å². The van der Waals surface area contributed by atoms with E-state index in [1.54, 1.807) is 11.0 Å². The smallest absolute Gasteiger partial charge is 0.411 e. The predicted octanol–water partition coefficient (Wildman–Crippen LogP) is 3.72. The zero-order valence-electron chi connectivity index (χ0n) is 15.6. The average molecular weight is 397 g/mol. The fourth-order valence-electron chi connectivity index (χ4n) is 3.78. The zero-order valence-corrected chi connectivity index (χ0v) is 15.6. The Morgan fingerprint density at radius 1 is 1.17 bits per heavy atom. The van der Waals surface area contributed by atoms with Crippen LogP contribution in [-0.4, -0.2) is 47.4 Å². The highest BCUT2D eigenvalue weighted by Gasteiger charge is 2.39. The van der Waals surface area contributed by atoms with Crippen molar-refractivity contribution in [3.8, 4) is 0 Å². The highest BCUT2D eigenvalue weighted by molar-refractivity contribution is 5.89. The SMILES string of the molecule is O=C(O)c1cc(C2=CC3COCC(C2)N3C(=O)OCc2ccccc2)ccc1F. The molecule has 1 fully saturated rings. The summed E-state index contributed by atoms with van der Waals surface area (Å²) < 4.78 is 24.8. The molecular weight excluding hydrogens is 377 g/mol. The second-order valence-corrected chi connectivity index (χ2v) is 7.10. The molecule has 2 aromatic rings. The van der Waals surface area contributed by atoms with Gasteiger partial charge >= 0.3 is 12.1 Å². The Bertz CT molecular complexity index is 959. The van der Waals surface area contributed by atoms with Gasteiger partial charge in [0.1, 0.15) is 12.4 Å². The number of halogens is 1. The van der Waals surface area contributed by atoms with E-state index in [0.717, 1.165) is 17.2 Å². The number of carbonyl (C=O) groups excluding carboxylic acids is 1. The lowest BCUT2D eigenvalue weighted by molar-refractivity contribution is -0.0342. The van der Waals surface area contributed by atoms with Gasteiger partial charge in [0.05, 0.1) is 30.9 Å². The van der Waals surface area contributed by atoms with E-state index in [0.29, 0.717) is 25.2 Å². The average Bonchev–Trinajstić information content (AvgIpc) is 2.72. The number of ether oxygens (including phenoxy) is 2. The summed E-state index contributed by atoms with van der Waals surface area (Å²) >= 11 is 0. The number of carbonyl (C=O) groups is 2. The highest BCUT2D eigenvalue weighted by Crippen LogP contribution is 2.33. The molecule has 29 heavy (non-hydrogen) atoms. The van der Waals surface area contributed by atoms with Gasteiger partial charge in [-0.15, -0.1) is 0 Å². The van der Waals surface area contributed by atoms with Crippen molar-refractivity contribution >= 4 is 17.6 Å². The van der Waals surface area contributed by atoms with E-state index in [1.807, 2.05) is 36.4 Å². The van der Waals surface area contributed by atoms with Gasteiger partial charge in [0.25, 0.3) is 0 Å². The van der Waals surface area contributed by atoms with Gasteiger partial charge < -0.3 is 14.6 Å². The highest BCUT2D eigenvalue weighted by atomic mass is 19.1. The van der Waals surface area contributed by atoms with Crippen LogP contribution >= 0.6 is 0 Å². The summed E-state index contributed by atoms with van der Waals surface area (Å²) in [6.45, 7) is 0.877. The molecule has 2 heterocycles. The molecule has 2 bridgehead atoms. The van der Waals surface area contributed by atoms with Crippen LogP contribution < -0.4 is 0 Å². The maximum atomic E-state index is 13.7. The summed E-state index contributed by atoms with van der Waals surface area (Å²) in [5.74, 6) is -2.08. The number of carboxylic acid groups (broad SMARTS) is 1. The van der Waals surface area contributed by atoms with Crippen molar-refractivity contribution in [2.75, 3.05) is 13.2 Å². The van der Waals surface area contributed by atoms with E-state index in [-0.39, 0.29) is 24.3 Å². The van der Waals surface area contributed by atoms with E-state index in [1.165, 1.54) is 6.07 Å². The number of nitrogens with zero attached hydrogens (tertiary/aromatic N) is 1. The summed E-state index contributed by atoms with van der Waals surface area (Å²) in [7, 11) is 0. The van der Waals surface area contributed by atoms with Gasteiger partial charge in [-0.05, 0) is 35.3 Å². The summed E-state index contributed by atoms with van der Waals surface area (Å²) in [5, 5.41) is 9.17. The topological polar surface area (TPSA) is 76.1 Å². The molecule has 150 valence electrons. The van der Waals surface area contributed by atoms with Crippen LogP contribution in [0, 0.1) is 5.82 Å². The van der Waals surface area contributed by atoms with E-state index in [9.17, 15) is 14.0 Å². The number of carboxylic acids is 1. The van der Waals surface area contributed by atoms with Gasteiger partial charge in [0.15, 0.2) is 0 Å². The quantitative estimate of drug-likeness (QED) is 0.851. The van der Waals surface area contributed by atoms with Crippen LogP contribution in [-0.2, 0) is 16.1 Å². The van der Waals surface area contributed by atoms with Crippen molar-refractivity contribution in [1.82, 2.24) is 4.90 Å². The zero-order chi connectivity index (χ0) is 20.4. The third kappa shape index (κ3) is 4.00. The molecule has 0 aromatic heterocycles. The van der Waals surface area contributed by atoms with Gasteiger partial charge in [-0.25, -0.2) is 14.0 Å². The van der Waals surface area contributed by atoms with Gasteiger partial charge in [0, 0.05) is 0 Å². The Labute approximate surface area is 167 Å². The lowest BCUT2D eigenvalue weighted by atomic mass is 9.89. The minimum atomic E-state index is -1.31. The van der Waals surface area contributed by atoms with Crippen LogP contribution in [0.1, 0.15) is 27.9 Å². The Balaban J connectivity index is 1.53. The van der Waals surface area contributed by atoms with Crippen LogP contribution in [0.5, 0.6) is 0 Å². The first-order valence-corrected chi connectivity index (χ1v) is 9.33. The van der Waals surface area contributed by atoms with Gasteiger partial charge in [-0.2, -0.15) is 0 Å². The number of morpholine rings is 1. The van der Waals surface area contributed by atoms with Crippen LogP contribution in [0.15, 0.2) is 54.6 Å². The van der Waals surface area contributed by atoms with Crippen LogP contribution in [0.3, 0.4) is 0 Å². The Kier molecular flexibility index (Phi) is 5.31. The first kappa shape index (κ1) is 19.1. The number of aromatic carboxylic acids is 1. The van der Waals surface area contributed by atoms with Crippen molar-refractivity contribution in [2.45, 2.75) is 25.1 Å². The molecule has 0 radical (unpaired) electrons. The Morgan fingerprint density at radius 3 is 2.69 bits per heavy atom.